The third kappa shape index (κ3) is 13.8. The average molecular weight is 521 g/mol. The maximum atomic E-state index is 10.2. The molecule has 2 aromatic carbocycles. The third-order valence-electron chi connectivity index (χ3n) is 7.14. The second-order valence-corrected chi connectivity index (χ2v) is 10.6. The van der Waals surface area contributed by atoms with E-state index >= 15 is 0 Å². The molecule has 2 N–H and O–H groups in total. The van der Waals surface area contributed by atoms with Gasteiger partial charge in [-0.25, -0.2) is 0 Å². The Kier molecular flexibility index (Phi) is 16.9. The fraction of sp³-hybridized carbons (Fsp3) is 0.588. The second kappa shape index (κ2) is 20.4. The van der Waals surface area contributed by atoms with E-state index in [2.05, 4.69) is 23.8 Å². The van der Waals surface area contributed by atoms with Gasteiger partial charge in [-0.3, -0.25) is 9.98 Å². The molecular formula is C34H52N2O2. The Morgan fingerprint density at radius 2 is 0.895 bits per heavy atom. The molecule has 0 radical (unpaired) electrons. The van der Waals surface area contributed by atoms with E-state index in [-0.39, 0.29) is 11.5 Å². The number of phenolic OH excluding ortho intramolecular Hbond substituents is 2. The molecule has 0 spiro atoms. The summed E-state index contributed by atoms with van der Waals surface area (Å²) in [5.41, 5.74) is 4.04. The van der Waals surface area contributed by atoms with Crippen molar-refractivity contribution >= 4 is 12.4 Å². The van der Waals surface area contributed by atoms with Crippen molar-refractivity contribution in [2.24, 2.45) is 9.98 Å². The van der Waals surface area contributed by atoms with Gasteiger partial charge in [0.25, 0.3) is 0 Å². The zero-order valence-electron chi connectivity index (χ0n) is 24.1. The summed E-state index contributed by atoms with van der Waals surface area (Å²) in [7, 11) is 0. The highest BCUT2D eigenvalue weighted by molar-refractivity contribution is 5.84. The normalized spacial score (nSPS) is 11.7. The van der Waals surface area contributed by atoms with Crippen LogP contribution < -0.4 is 0 Å². The van der Waals surface area contributed by atoms with Crippen LogP contribution in [0, 0.1) is 0 Å². The lowest BCUT2D eigenvalue weighted by Gasteiger charge is -2.05. The Morgan fingerprint density at radius 1 is 0.526 bits per heavy atom. The van der Waals surface area contributed by atoms with Crippen LogP contribution in [0.3, 0.4) is 0 Å². The van der Waals surface area contributed by atoms with Gasteiger partial charge in [0, 0.05) is 23.6 Å². The van der Waals surface area contributed by atoms with E-state index in [9.17, 15) is 10.2 Å². The van der Waals surface area contributed by atoms with Crippen molar-refractivity contribution in [1.29, 1.82) is 0 Å². The molecule has 0 fully saturated rings. The lowest BCUT2D eigenvalue weighted by Crippen LogP contribution is -1.94. The molecule has 0 aliphatic rings. The quantitative estimate of drug-likeness (QED) is 0.127. The van der Waals surface area contributed by atoms with Crippen molar-refractivity contribution in [1.82, 2.24) is 0 Å². The fourth-order valence-electron chi connectivity index (χ4n) is 4.74. The van der Waals surface area contributed by atoms with E-state index in [1.54, 1.807) is 24.6 Å². The maximum absolute atomic E-state index is 10.2. The fourth-order valence-corrected chi connectivity index (χ4v) is 4.74. The number of benzene rings is 2. The van der Waals surface area contributed by atoms with Gasteiger partial charge < -0.3 is 10.2 Å². The van der Waals surface area contributed by atoms with E-state index < -0.39 is 0 Å². The van der Waals surface area contributed by atoms with Gasteiger partial charge in [0.05, 0.1) is 13.1 Å². The SMILES string of the molecule is CCCCCCCCCc1ccc(O)c(C=NCCN=Cc2cc(CCCCCCCCC)ccc2O)c1. The Labute approximate surface area is 232 Å². The van der Waals surface area contributed by atoms with Crippen LogP contribution >= 0.6 is 0 Å². The average Bonchev–Trinajstić information content (AvgIpc) is 2.92. The Hall–Kier alpha value is -2.62. The van der Waals surface area contributed by atoms with Crippen LogP contribution in [0.1, 0.15) is 126 Å². The highest BCUT2D eigenvalue weighted by atomic mass is 16.3. The molecule has 2 rings (SSSR count). The highest BCUT2D eigenvalue weighted by Crippen LogP contribution is 2.20. The molecule has 0 aliphatic carbocycles. The topological polar surface area (TPSA) is 65.2 Å². The summed E-state index contributed by atoms with van der Waals surface area (Å²) in [6.45, 7) is 5.58. The maximum Gasteiger partial charge on any atom is 0.124 e. The molecular weight excluding hydrogens is 468 g/mol. The molecule has 38 heavy (non-hydrogen) atoms. The van der Waals surface area contributed by atoms with Crippen molar-refractivity contribution < 1.29 is 10.2 Å². The first-order valence-electron chi connectivity index (χ1n) is 15.3. The molecule has 0 saturated carbocycles. The van der Waals surface area contributed by atoms with Crippen LogP contribution in [-0.4, -0.2) is 35.7 Å². The Morgan fingerprint density at radius 3 is 1.29 bits per heavy atom. The predicted molar refractivity (Wildman–Crippen MR) is 165 cm³/mol. The van der Waals surface area contributed by atoms with E-state index in [0.29, 0.717) is 13.1 Å². The minimum Gasteiger partial charge on any atom is -0.507 e. The van der Waals surface area contributed by atoms with Crippen LogP contribution in [0.25, 0.3) is 0 Å². The summed E-state index contributed by atoms with van der Waals surface area (Å²) in [5, 5.41) is 20.4. The van der Waals surface area contributed by atoms with Gasteiger partial charge in [0.1, 0.15) is 11.5 Å². The molecule has 0 aliphatic heterocycles. The monoisotopic (exact) mass is 520 g/mol. The zero-order chi connectivity index (χ0) is 27.3. The molecule has 0 unspecified atom stereocenters. The molecule has 0 aromatic heterocycles. The lowest BCUT2D eigenvalue weighted by molar-refractivity contribution is 0.473. The van der Waals surface area contributed by atoms with E-state index in [1.807, 2.05) is 24.3 Å². The lowest BCUT2D eigenvalue weighted by atomic mass is 10.0. The molecule has 0 atom stereocenters. The summed E-state index contributed by atoms with van der Waals surface area (Å²) in [6, 6.07) is 11.7. The van der Waals surface area contributed by atoms with E-state index in [1.165, 1.54) is 101 Å². The van der Waals surface area contributed by atoms with Gasteiger partial charge in [0.15, 0.2) is 0 Å². The number of hydrogen-bond acceptors (Lipinski definition) is 4. The smallest absolute Gasteiger partial charge is 0.124 e. The molecule has 0 saturated heterocycles. The summed E-state index contributed by atoms with van der Waals surface area (Å²) in [6.07, 6.45) is 23.8. The number of aryl methyl sites for hydroxylation is 2. The Balaban J connectivity index is 1.72. The number of unbranched alkanes of at least 4 members (excludes halogenated alkanes) is 12. The van der Waals surface area contributed by atoms with Gasteiger partial charge >= 0.3 is 0 Å². The number of rotatable bonds is 21. The van der Waals surface area contributed by atoms with Gasteiger partial charge in [-0.1, -0.05) is 103 Å². The van der Waals surface area contributed by atoms with Crippen molar-refractivity contribution in [3.05, 3.63) is 58.7 Å². The Bertz CT molecular complexity index is 874. The number of hydrogen-bond donors (Lipinski definition) is 2. The van der Waals surface area contributed by atoms with Crippen molar-refractivity contribution in [3.8, 4) is 11.5 Å². The summed E-state index contributed by atoms with van der Waals surface area (Å²) < 4.78 is 0. The highest BCUT2D eigenvalue weighted by Gasteiger charge is 2.03. The van der Waals surface area contributed by atoms with Crippen LogP contribution in [-0.2, 0) is 12.8 Å². The molecule has 4 nitrogen and oxygen atoms in total. The third-order valence-corrected chi connectivity index (χ3v) is 7.14. The molecule has 0 amide bonds. The zero-order valence-corrected chi connectivity index (χ0v) is 24.1. The summed E-state index contributed by atoms with van der Waals surface area (Å²) in [5.74, 6) is 0.534. The molecule has 0 heterocycles. The van der Waals surface area contributed by atoms with Crippen LogP contribution in [0.2, 0.25) is 0 Å². The number of phenols is 2. The number of aliphatic imine (C=N–C) groups is 2. The number of aromatic hydroxyl groups is 2. The molecule has 0 bridgehead atoms. The van der Waals surface area contributed by atoms with Crippen molar-refractivity contribution in [3.63, 3.8) is 0 Å². The second-order valence-electron chi connectivity index (χ2n) is 10.6. The van der Waals surface area contributed by atoms with Gasteiger partial charge in [-0.15, -0.1) is 0 Å². The molecule has 210 valence electrons. The minimum absolute atomic E-state index is 0.267. The molecule has 2 aromatic rings. The largest absolute Gasteiger partial charge is 0.507 e. The van der Waals surface area contributed by atoms with Crippen LogP contribution in [0.4, 0.5) is 0 Å². The summed E-state index contributed by atoms with van der Waals surface area (Å²) >= 11 is 0. The molecule has 4 heteroatoms. The number of nitrogens with zero attached hydrogens (tertiary/aromatic N) is 2. The van der Waals surface area contributed by atoms with Crippen LogP contribution in [0.5, 0.6) is 11.5 Å². The van der Waals surface area contributed by atoms with Crippen LogP contribution in [0.15, 0.2) is 46.4 Å². The van der Waals surface area contributed by atoms with Crippen molar-refractivity contribution in [2.75, 3.05) is 13.1 Å². The predicted octanol–water partition coefficient (Wildman–Crippen LogP) is 9.22. The van der Waals surface area contributed by atoms with E-state index in [0.717, 1.165) is 24.0 Å². The van der Waals surface area contributed by atoms with Crippen molar-refractivity contribution in [2.45, 2.75) is 117 Å². The summed E-state index contributed by atoms with van der Waals surface area (Å²) in [4.78, 5) is 8.94. The standard InChI is InChI=1S/C34H52N2O2/c1-3-5-7-9-11-13-15-17-29-19-21-33(37)31(25-29)27-35-23-24-36-28-32-26-30(20-22-34(32)38)18-16-14-12-10-8-6-4-2/h19-22,25-28,37-38H,3-18,23-24H2,1-2H3. The van der Waals surface area contributed by atoms with Gasteiger partial charge in [0.2, 0.25) is 0 Å². The van der Waals surface area contributed by atoms with Gasteiger partial charge in [-0.2, -0.15) is 0 Å². The van der Waals surface area contributed by atoms with E-state index in [4.69, 9.17) is 0 Å². The first-order chi connectivity index (χ1) is 18.6. The first kappa shape index (κ1) is 31.6. The minimum atomic E-state index is 0.267. The first-order valence-corrected chi connectivity index (χ1v) is 15.3. The van der Waals surface area contributed by atoms with Gasteiger partial charge in [-0.05, 0) is 61.1 Å².